The van der Waals surface area contributed by atoms with Crippen LogP contribution in [0.15, 0.2) is 17.3 Å². The third-order valence-corrected chi connectivity index (χ3v) is 2.90. The highest BCUT2D eigenvalue weighted by atomic mass is 32.3. The lowest BCUT2D eigenvalue weighted by Gasteiger charge is -2.01. The van der Waals surface area contributed by atoms with E-state index in [4.69, 9.17) is 0 Å². The largest absolute Gasteiger partial charge is 0.349 e. The van der Waals surface area contributed by atoms with Crippen LogP contribution in [0.2, 0.25) is 0 Å². The molecule has 2 rings (SSSR count). The van der Waals surface area contributed by atoms with E-state index in [1.165, 1.54) is 16.9 Å². The molecular weight excluding hydrogens is 195 g/mol. The third kappa shape index (κ3) is 1.88. The number of aromatic nitrogens is 2. The molecule has 0 aliphatic heterocycles. The minimum atomic E-state index is -4.61. The van der Waals surface area contributed by atoms with Gasteiger partial charge in [0.25, 0.3) is 0 Å². The van der Waals surface area contributed by atoms with Crippen molar-refractivity contribution >= 4 is 10.2 Å². The normalized spacial score (nSPS) is 17.6. The molecule has 0 radical (unpaired) electrons. The van der Waals surface area contributed by atoms with Gasteiger partial charge in [0.2, 0.25) is 0 Å². The maximum Gasteiger partial charge on any atom is 0.349 e. The molecule has 1 aromatic heterocycles. The zero-order valence-electron chi connectivity index (χ0n) is 6.85. The van der Waals surface area contributed by atoms with Crippen LogP contribution in [0.3, 0.4) is 0 Å². The molecule has 6 heteroatoms. The third-order valence-electron chi connectivity index (χ3n) is 2.06. The minimum absolute atomic E-state index is 0.334. The van der Waals surface area contributed by atoms with Gasteiger partial charge in [0.1, 0.15) is 0 Å². The Labute approximate surface area is 75.6 Å². The molecule has 1 aromatic rings. The van der Waals surface area contributed by atoms with Gasteiger partial charge in [-0.2, -0.15) is 13.5 Å². The fourth-order valence-electron chi connectivity index (χ4n) is 1.21. The predicted octanol–water partition coefficient (Wildman–Crippen LogP) is 0.951. The predicted molar refractivity (Wildman–Crippen MR) is 43.2 cm³/mol. The molecule has 0 bridgehead atoms. The van der Waals surface area contributed by atoms with Gasteiger partial charge in [0.05, 0.1) is 6.20 Å². The van der Waals surface area contributed by atoms with Crippen LogP contribution in [0.4, 0.5) is 3.89 Å². The van der Waals surface area contributed by atoms with Crippen molar-refractivity contribution in [3.63, 3.8) is 0 Å². The second kappa shape index (κ2) is 2.80. The monoisotopic (exact) mass is 204 g/mol. The van der Waals surface area contributed by atoms with E-state index in [1.54, 1.807) is 0 Å². The highest BCUT2D eigenvalue weighted by molar-refractivity contribution is 7.86. The van der Waals surface area contributed by atoms with Crippen LogP contribution in [-0.4, -0.2) is 18.2 Å². The molecule has 1 heterocycles. The highest BCUT2D eigenvalue weighted by Crippen LogP contribution is 2.31. The SMILES string of the molecule is O=S(=O)(F)c1ccnn1CC1CC1. The molecule has 1 aliphatic carbocycles. The summed E-state index contributed by atoms with van der Waals surface area (Å²) in [6, 6.07) is 1.18. The number of hydrogen-bond acceptors (Lipinski definition) is 3. The Morgan fingerprint density at radius 2 is 2.31 bits per heavy atom. The van der Waals surface area contributed by atoms with Gasteiger partial charge in [-0.3, -0.25) is 4.68 Å². The summed E-state index contributed by atoms with van der Waals surface area (Å²) in [4.78, 5) is 0. The number of nitrogens with zero attached hydrogens (tertiary/aromatic N) is 2. The first-order valence-corrected chi connectivity index (χ1v) is 5.42. The summed E-state index contributed by atoms with van der Waals surface area (Å²) in [5.74, 6) is 0.473. The van der Waals surface area contributed by atoms with Crippen molar-refractivity contribution in [1.29, 1.82) is 0 Å². The fraction of sp³-hybridized carbons (Fsp3) is 0.571. The fourth-order valence-corrected chi connectivity index (χ4v) is 1.81. The van der Waals surface area contributed by atoms with Crippen molar-refractivity contribution in [3.05, 3.63) is 12.3 Å². The topological polar surface area (TPSA) is 52.0 Å². The van der Waals surface area contributed by atoms with Crippen molar-refractivity contribution in [2.45, 2.75) is 24.4 Å². The molecule has 0 spiro atoms. The summed E-state index contributed by atoms with van der Waals surface area (Å²) in [5, 5.41) is 3.43. The molecule has 0 N–H and O–H groups in total. The minimum Gasteiger partial charge on any atom is -0.252 e. The van der Waals surface area contributed by atoms with Gasteiger partial charge in [0, 0.05) is 6.54 Å². The van der Waals surface area contributed by atoms with E-state index in [9.17, 15) is 12.3 Å². The smallest absolute Gasteiger partial charge is 0.252 e. The summed E-state index contributed by atoms with van der Waals surface area (Å²) in [7, 11) is -4.61. The molecule has 1 aliphatic rings. The Morgan fingerprint density at radius 3 is 2.85 bits per heavy atom. The quantitative estimate of drug-likeness (QED) is 0.689. The standard InChI is InChI=1S/C7H9FN2O2S/c8-13(11,12)7-3-4-9-10(7)5-6-1-2-6/h3-4,6H,1-2,5H2. The lowest BCUT2D eigenvalue weighted by molar-refractivity contribution is 0.490. The Kier molecular flexibility index (Phi) is 1.87. The second-order valence-electron chi connectivity index (χ2n) is 3.23. The van der Waals surface area contributed by atoms with E-state index in [1.807, 2.05) is 0 Å². The molecule has 0 amide bonds. The van der Waals surface area contributed by atoms with E-state index >= 15 is 0 Å². The molecule has 0 atom stereocenters. The zero-order chi connectivity index (χ0) is 9.47. The van der Waals surface area contributed by atoms with Crippen LogP contribution in [0.5, 0.6) is 0 Å². The van der Waals surface area contributed by atoms with E-state index in [0.717, 1.165) is 12.8 Å². The summed E-state index contributed by atoms with van der Waals surface area (Å²) >= 11 is 0. The Bertz CT molecular complexity index is 408. The molecule has 4 nitrogen and oxygen atoms in total. The van der Waals surface area contributed by atoms with Crippen LogP contribution in [0, 0.1) is 5.92 Å². The lowest BCUT2D eigenvalue weighted by atomic mass is 10.4. The van der Waals surface area contributed by atoms with E-state index in [0.29, 0.717) is 12.5 Å². The average Bonchev–Trinajstić information content (AvgIpc) is 2.63. The molecule has 0 aromatic carbocycles. The van der Waals surface area contributed by atoms with Gasteiger partial charge in [-0.15, -0.1) is 0 Å². The number of hydrogen-bond donors (Lipinski definition) is 0. The molecule has 13 heavy (non-hydrogen) atoms. The molecule has 1 saturated carbocycles. The van der Waals surface area contributed by atoms with Gasteiger partial charge >= 0.3 is 10.2 Å². The van der Waals surface area contributed by atoms with E-state index < -0.39 is 10.2 Å². The first-order valence-electron chi connectivity index (χ1n) is 4.04. The summed E-state index contributed by atoms with van der Waals surface area (Å²) in [6.07, 6.45) is 3.45. The van der Waals surface area contributed by atoms with Crippen LogP contribution in [-0.2, 0) is 16.8 Å². The van der Waals surface area contributed by atoms with Gasteiger partial charge in [-0.25, -0.2) is 0 Å². The molecule has 0 saturated heterocycles. The molecule has 72 valence electrons. The van der Waals surface area contributed by atoms with Crippen LogP contribution in [0.1, 0.15) is 12.8 Å². The highest BCUT2D eigenvalue weighted by Gasteiger charge is 2.26. The maximum atomic E-state index is 12.6. The van der Waals surface area contributed by atoms with Crippen molar-refractivity contribution in [2.75, 3.05) is 0 Å². The molecule has 1 fully saturated rings. The average molecular weight is 204 g/mol. The number of halogens is 1. The number of rotatable bonds is 3. The first-order chi connectivity index (χ1) is 6.07. The summed E-state index contributed by atoms with van der Waals surface area (Å²) in [5.41, 5.74) is 0. The van der Waals surface area contributed by atoms with Crippen LogP contribution in [0.25, 0.3) is 0 Å². The van der Waals surface area contributed by atoms with Crippen molar-refractivity contribution in [1.82, 2.24) is 9.78 Å². The molecular formula is C7H9FN2O2S. The molecule has 0 unspecified atom stereocenters. The van der Waals surface area contributed by atoms with Gasteiger partial charge < -0.3 is 0 Å². The summed E-state index contributed by atoms with van der Waals surface area (Å²) < 4.78 is 35.0. The van der Waals surface area contributed by atoms with Gasteiger partial charge in [-0.1, -0.05) is 3.89 Å². The van der Waals surface area contributed by atoms with Gasteiger partial charge in [0.15, 0.2) is 5.03 Å². The van der Waals surface area contributed by atoms with Crippen LogP contribution < -0.4 is 0 Å². The van der Waals surface area contributed by atoms with Crippen LogP contribution >= 0.6 is 0 Å². The lowest BCUT2D eigenvalue weighted by Crippen LogP contribution is -2.08. The second-order valence-corrected chi connectivity index (χ2v) is 4.53. The summed E-state index contributed by atoms with van der Waals surface area (Å²) in [6.45, 7) is 0.505. The van der Waals surface area contributed by atoms with Crippen molar-refractivity contribution < 1.29 is 12.3 Å². The Morgan fingerprint density at radius 1 is 1.62 bits per heavy atom. The Hall–Kier alpha value is -0.910. The van der Waals surface area contributed by atoms with Crippen molar-refractivity contribution in [3.8, 4) is 0 Å². The maximum absolute atomic E-state index is 12.6. The van der Waals surface area contributed by atoms with E-state index in [-0.39, 0.29) is 5.03 Å². The van der Waals surface area contributed by atoms with E-state index in [2.05, 4.69) is 5.10 Å². The van der Waals surface area contributed by atoms with Gasteiger partial charge in [-0.05, 0) is 24.8 Å². The Balaban J connectivity index is 2.29. The van der Waals surface area contributed by atoms with Crippen molar-refractivity contribution in [2.24, 2.45) is 5.92 Å². The zero-order valence-corrected chi connectivity index (χ0v) is 7.67. The first kappa shape index (κ1) is 8.68.